The highest BCUT2D eigenvalue weighted by Crippen LogP contribution is 2.31. The largest absolute Gasteiger partial charge is 0.497 e. The molecule has 0 bridgehead atoms. The van der Waals surface area contributed by atoms with Crippen molar-refractivity contribution < 1.29 is 14.3 Å². The molecule has 1 aliphatic rings. The highest BCUT2D eigenvalue weighted by molar-refractivity contribution is 5.94. The van der Waals surface area contributed by atoms with Gasteiger partial charge in [-0.15, -0.1) is 0 Å². The van der Waals surface area contributed by atoms with E-state index in [1.165, 1.54) is 0 Å². The molecule has 1 amide bonds. The van der Waals surface area contributed by atoms with Gasteiger partial charge < -0.3 is 14.8 Å². The van der Waals surface area contributed by atoms with Crippen LogP contribution in [0.25, 0.3) is 0 Å². The molecular weight excluding hydrogens is 266 g/mol. The van der Waals surface area contributed by atoms with Gasteiger partial charge in [0.25, 0.3) is 5.91 Å². The minimum absolute atomic E-state index is 0.0198. The lowest BCUT2D eigenvalue weighted by atomic mass is 10.00. The highest BCUT2D eigenvalue weighted by atomic mass is 16.5. The molecule has 0 saturated heterocycles. The summed E-state index contributed by atoms with van der Waals surface area (Å²) in [6.45, 7) is 0.611. The second-order valence-corrected chi connectivity index (χ2v) is 4.93. The smallest absolute Gasteiger partial charge is 0.251 e. The Kier molecular flexibility index (Phi) is 3.77. The number of ether oxygens (including phenoxy) is 2. The van der Waals surface area contributed by atoms with E-state index < -0.39 is 0 Å². The summed E-state index contributed by atoms with van der Waals surface area (Å²) in [5.41, 5.74) is 1.62. The molecule has 0 spiro atoms. The quantitative estimate of drug-likeness (QED) is 0.942. The van der Waals surface area contributed by atoms with Crippen LogP contribution >= 0.6 is 0 Å². The van der Waals surface area contributed by atoms with Gasteiger partial charge in [-0.3, -0.25) is 4.79 Å². The molecule has 21 heavy (non-hydrogen) atoms. The molecule has 108 valence electrons. The number of methoxy groups -OCH3 is 1. The van der Waals surface area contributed by atoms with E-state index in [0.29, 0.717) is 17.9 Å². The Labute approximate surface area is 123 Å². The van der Waals surface area contributed by atoms with E-state index in [-0.39, 0.29) is 11.9 Å². The maximum Gasteiger partial charge on any atom is 0.251 e. The summed E-state index contributed by atoms with van der Waals surface area (Å²) in [5.74, 6) is 1.42. The molecule has 3 rings (SSSR count). The van der Waals surface area contributed by atoms with Crippen LogP contribution in [0.2, 0.25) is 0 Å². The molecule has 1 atom stereocenters. The Morgan fingerprint density at radius 1 is 1.24 bits per heavy atom. The summed E-state index contributed by atoms with van der Waals surface area (Å²) in [7, 11) is 1.59. The van der Waals surface area contributed by atoms with Crippen molar-refractivity contribution in [1.29, 1.82) is 0 Å². The maximum atomic E-state index is 12.4. The molecule has 1 heterocycles. The van der Waals surface area contributed by atoms with Crippen molar-refractivity contribution in [3.05, 3.63) is 59.7 Å². The molecule has 0 fully saturated rings. The zero-order chi connectivity index (χ0) is 14.7. The van der Waals surface area contributed by atoms with Gasteiger partial charge in [0, 0.05) is 17.5 Å². The molecule has 0 aliphatic carbocycles. The molecule has 4 nitrogen and oxygen atoms in total. The van der Waals surface area contributed by atoms with Crippen LogP contribution in [0.4, 0.5) is 0 Å². The first-order chi connectivity index (χ1) is 10.3. The number of carbonyl (C=O) groups is 1. The van der Waals surface area contributed by atoms with Crippen LogP contribution in [0, 0.1) is 0 Å². The zero-order valence-electron chi connectivity index (χ0n) is 11.8. The van der Waals surface area contributed by atoms with E-state index >= 15 is 0 Å². The number of fused-ring (bicyclic) bond motifs is 1. The summed E-state index contributed by atoms with van der Waals surface area (Å²) in [4.78, 5) is 12.4. The van der Waals surface area contributed by atoms with Crippen LogP contribution in [0.1, 0.15) is 28.4 Å². The Balaban J connectivity index is 1.79. The van der Waals surface area contributed by atoms with Crippen LogP contribution in [-0.2, 0) is 0 Å². The third-order valence-corrected chi connectivity index (χ3v) is 3.60. The average molecular weight is 283 g/mol. The van der Waals surface area contributed by atoms with Gasteiger partial charge in [0.15, 0.2) is 0 Å². The van der Waals surface area contributed by atoms with Crippen molar-refractivity contribution >= 4 is 5.91 Å². The number of hydrogen-bond donors (Lipinski definition) is 1. The van der Waals surface area contributed by atoms with Gasteiger partial charge in [-0.1, -0.05) is 24.3 Å². The fraction of sp³-hybridized carbons (Fsp3) is 0.235. The molecule has 1 N–H and O–H groups in total. The molecule has 1 unspecified atom stereocenters. The predicted molar refractivity (Wildman–Crippen MR) is 79.8 cm³/mol. The summed E-state index contributed by atoms with van der Waals surface area (Å²) in [6, 6.07) is 14.9. The van der Waals surface area contributed by atoms with Crippen LogP contribution in [0.3, 0.4) is 0 Å². The van der Waals surface area contributed by atoms with E-state index in [4.69, 9.17) is 9.47 Å². The molecule has 0 saturated carbocycles. The predicted octanol–water partition coefficient (Wildman–Crippen LogP) is 2.95. The molecule has 1 aliphatic heterocycles. The summed E-state index contributed by atoms with van der Waals surface area (Å²) >= 11 is 0. The first-order valence-electron chi connectivity index (χ1n) is 6.94. The van der Waals surface area contributed by atoms with Crippen molar-refractivity contribution in [1.82, 2.24) is 5.32 Å². The van der Waals surface area contributed by atoms with Gasteiger partial charge in [-0.05, 0) is 24.3 Å². The van der Waals surface area contributed by atoms with Crippen LogP contribution < -0.4 is 14.8 Å². The van der Waals surface area contributed by atoms with Crippen molar-refractivity contribution in [3.63, 3.8) is 0 Å². The number of hydrogen-bond acceptors (Lipinski definition) is 3. The molecule has 2 aromatic carbocycles. The Morgan fingerprint density at radius 2 is 2.10 bits per heavy atom. The third kappa shape index (κ3) is 2.84. The van der Waals surface area contributed by atoms with E-state index in [2.05, 4.69) is 5.32 Å². The minimum Gasteiger partial charge on any atom is -0.497 e. The number of para-hydroxylation sites is 1. The van der Waals surface area contributed by atoms with Gasteiger partial charge >= 0.3 is 0 Å². The van der Waals surface area contributed by atoms with Gasteiger partial charge in [0.1, 0.15) is 11.5 Å². The van der Waals surface area contributed by atoms with E-state index in [1.807, 2.05) is 36.4 Å². The topological polar surface area (TPSA) is 47.6 Å². The molecule has 4 heteroatoms. The Bertz CT molecular complexity index is 654. The number of benzene rings is 2. The standard InChI is InChI=1S/C17H17NO3/c1-20-13-6-4-5-12(11-13)17(19)18-15-9-10-21-16-8-3-2-7-14(15)16/h2-8,11,15H,9-10H2,1H3,(H,18,19). The van der Waals surface area contributed by atoms with Gasteiger partial charge in [-0.2, -0.15) is 0 Å². The fourth-order valence-corrected chi connectivity index (χ4v) is 2.50. The summed E-state index contributed by atoms with van der Waals surface area (Å²) in [5, 5.41) is 3.07. The Morgan fingerprint density at radius 3 is 2.95 bits per heavy atom. The van der Waals surface area contributed by atoms with Crippen molar-refractivity contribution in [2.75, 3.05) is 13.7 Å². The number of amides is 1. The number of carbonyl (C=O) groups excluding carboxylic acids is 1. The third-order valence-electron chi connectivity index (χ3n) is 3.60. The van der Waals surface area contributed by atoms with Crippen LogP contribution in [0.5, 0.6) is 11.5 Å². The van der Waals surface area contributed by atoms with Crippen LogP contribution in [-0.4, -0.2) is 19.6 Å². The number of nitrogens with one attached hydrogen (secondary N) is 1. The summed E-state index contributed by atoms with van der Waals surface area (Å²) < 4.78 is 10.8. The maximum absolute atomic E-state index is 12.4. The fourth-order valence-electron chi connectivity index (χ4n) is 2.50. The first-order valence-corrected chi connectivity index (χ1v) is 6.94. The van der Waals surface area contributed by atoms with Crippen molar-refractivity contribution in [2.24, 2.45) is 0 Å². The first kappa shape index (κ1) is 13.5. The molecule has 2 aromatic rings. The molecule has 0 radical (unpaired) electrons. The minimum atomic E-state index is -0.101. The van der Waals surface area contributed by atoms with Crippen LogP contribution in [0.15, 0.2) is 48.5 Å². The summed E-state index contributed by atoms with van der Waals surface area (Å²) in [6.07, 6.45) is 0.771. The second kappa shape index (κ2) is 5.87. The molecule has 0 aromatic heterocycles. The Hall–Kier alpha value is -2.49. The number of rotatable bonds is 3. The molecular formula is C17H17NO3. The normalized spacial score (nSPS) is 16.5. The average Bonchev–Trinajstić information content (AvgIpc) is 2.55. The lowest BCUT2D eigenvalue weighted by Gasteiger charge is -2.26. The van der Waals surface area contributed by atoms with Gasteiger partial charge in [0.05, 0.1) is 19.8 Å². The van der Waals surface area contributed by atoms with Crippen molar-refractivity contribution in [2.45, 2.75) is 12.5 Å². The van der Waals surface area contributed by atoms with Crippen molar-refractivity contribution in [3.8, 4) is 11.5 Å². The SMILES string of the molecule is COc1cccc(C(=O)NC2CCOc3ccccc32)c1. The van der Waals surface area contributed by atoms with E-state index in [9.17, 15) is 4.79 Å². The monoisotopic (exact) mass is 283 g/mol. The lowest BCUT2D eigenvalue weighted by Crippen LogP contribution is -2.32. The van der Waals surface area contributed by atoms with E-state index in [1.54, 1.807) is 19.2 Å². The van der Waals surface area contributed by atoms with Gasteiger partial charge in [0.2, 0.25) is 0 Å². The zero-order valence-corrected chi connectivity index (χ0v) is 11.8. The van der Waals surface area contributed by atoms with Gasteiger partial charge in [-0.25, -0.2) is 0 Å². The van der Waals surface area contributed by atoms with E-state index in [0.717, 1.165) is 17.7 Å². The second-order valence-electron chi connectivity index (χ2n) is 4.93. The lowest BCUT2D eigenvalue weighted by molar-refractivity contribution is 0.0924. The highest BCUT2D eigenvalue weighted by Gasteiger charge is 2.23.